The number of nitrogens with one attached hydrogen (secondary N) is 1. The second-order valence-electron chi connectivity index (χ2n) is 4.20. The maximum Gasteiger partial charge on any atom is 0.267 e. The van der Waals surface area contributed by atoms with Gasteiger partial charge in [-0.3, -0.25) is 4.18 Å². The van der Waals surface area contributed by atoms with E-state index in [-0.39, 0.29) is 11.9 Å². The van der Waals surface area contributed by atoms with Crippen LogP contribution in [0, 0.1) is 5.92 Å². The Balaban J connectivity index is 1.75. The molecule has 4 nitrogen and oxygen atoms in total. The first kappa shape index (κ1) is 10.4. The monoisotopic (exact) mass is 219 g/mol. The maximum absolute atomic E-state index is 11.5. The van der Waals surface area contributed by atoms with Crippen LogP contribution in [0.3, 0.4) is 0 Å². The summed E-state index contributed by atoms with van der Waals surface area (Å²) >= 11 is 0. The van der Waals surface area contributed by atoms with E-state index in [1.54, 1.807) is 0 Å². The highest BCUT2D eigenvalue weighted by molar-refractivity contribution is 7.86. The van der Waals surface area contributed by atoms with Crippen LogP contribution in [0.25, 0.3) is 0 Å². The molecule has 1 saturated carbocycles. The van der Waals surface area contributed by atoms with Crippen molar-refractivity contribution >= 4 is 10.1 Å². The fourth-order valence-corrected chi connectivity index (χ4v) is 2.98. The molecule has 2 aliphatic rings. The molecule has 0 aromatic rings. The predicted molar refractivity (Wildman–Crippen MR) is 53.5 cm³/mol. The smallest absolute Gasteiger partial charge is 0.267 e. The van der Waals surface area contributed by atoms with Crippen molar-refractivity contribution in [2.45, 2.75) is 31.8 Å². The zero-order chi connectivity index (χ0) is 10.0. The average Bonchev–Trinajstić information content (AvgIpc) is 2.82. The third kappa shape index (κ3) is 3.22. The molecule has 2 rings (SSSR count). The molecule has 1 unspecified atom stereocenters. The van der Waals surface area contributed by atoms with Gasteiger partial charge in [-0.25, -0.2) is 0 Å². The summed E-state index contributed by atoms with van der Waals surface area (Å²) in [5.41, 5.74) is 0. The highest BCUT2D eigenvalue weighted by Gasteiger charge is 2.27. The third-order valence-corrected chi connectivity index (χ3v) is 4.07. The summed E-state index contributed by atoms with van der Waals surface area (Å²) < 4.78 is 28.0. The third-order valence-electron chi connectivity index (χ3n) is 2.77. The van der Waals surface area contributed by atoms with E-state index in [0.29, 0.717) is 12.5 Å². The van der Waals surface area contributed by atoms with Crippen molar-refractivity contribution in [2.75, 3.05) is 18.8 Å². The summed E-state index contributed by atoms with van der Waals surface area (Å²) in [6, 6.07) is 0. The summed E-state index contributed by atoms with van der Waals surface area (Å²) in [6.45, 7) is 1.53. The second-order valence-corrected chi connectivity index (χ2v) is 5.92. The predicted octanol–water partition coefficient (Wildman–Crippen LogP) is 0.495. The van der Waals surface area contributed by atoms with Crippen LogP contribution in [0.15, 0.2) is 0 Å². The molecule has 2 fully saturated rings. The first-order valence-electron chi connectivity index (χ1n) is 5.27. The fraction of sp³-hybridized carbons (Fsp3) is 1.00. The van der Waals surface area contributed by atoms with Crippen molar-refractivity contribution < 1.29 is 12.6 Å². The second kappa shape index (κ2) is 4.16. The van der Waals surface area contributed by atoms with Gasteiger partial charge in [0, 0.05) is 6.54 Å². The quantitative estimate of drug-likeness (QED) is 0.684. The van der Waals surface area contributed by atoms with Gasteiger partial charge in [0.05, 0.1) is 11.9 Å². The molecule has 1 aliphatic carbocycles. The van der Waals surface area contributed by atoms with Crippen molar-refractivity contribution in [2.24, 2.45) is 5.92 Å². The molecule has 0 amide bonds. The largest absolute Gasteiger partial charge is 0.314 e. The standard InChI is InChI=1S/C9H17NO3S/c11-14(12,6-4-8-1-2-8)13-9-3-5-10-7-9/h8-10H,1-7H2. The number of hydrogen-bond donors (Lipinski definition) is 1. The van der Waals surface area contributed by atoms with Crippen LogP contribution in [0.4, 0.5) is 0 Å². The molecule has 1 saturated heterocycles. The lowest BCUT2D eigenvalue weighted by Crippen LogP contribution is -2.22. The van der Waals surface area contributed by atoms with Gasteiger partial charge in [0.2, 0.25) is 0 Å². The summed E-state index contributed by atoms with van der Waals surface area (Å²) in [6.07, 6.45) is 3.85. The minimum Gasteiger partial charge on any atom is -0.314 e. The maximum atomic E-state index is 11.5. The van der Waals surface area contributed by atoms with Crippen molar-refractivity contribution in [3.63, 3.8) is 0 Å². The van der Waals surface area contributed by atoms with Gasteiger partial charge < -0.3 is 5.32 Å². The molecule has 0 aromatic heterocycles. The van der Waals surface area contributed by atoms with Gasteiger partial charge >= 0.3 is 0 Å². The first-order chi connectivity index (χ1) is 6.66. The Morgan fingerprint density at radius 1 is 1.29 bits per heavy atom. The van der Waals surface area contributed by atoms with E-state index in [4.69, 9.17) is 4.18 Å². The summed E-state index contributed by atoms with van der Waals surface area (Å²) in [5.74, 6) is 0.851. The van der Waals surface area contributed by atoms with Gasteiger partial charge in [0.1, 0.15) is 0 Å². The molecule has 82 valence electrons. The van der Waals surface area contributed by atoms with Crippen molar-refractivity contribution in [1.82, 2.24) is 5.32 Å². The Hall–Kier alpha value is -0.130. The van der Waals surface area contributed by atoms with E-state index in [0.717, 1.165) is 19.4 Å². The molecule has 0 radical (unpaired) electrons. The Morgan fingerprint density at radius 2 is 2.07 bits per heavy atom. The van der Waals surface area contributed by atoms with Gasteiger partial charge in [0.25, 0.3) is 10.1 Å². The van der Waals surface area contributed by atoms with Crippen molar-refractivity contribution in [3.05, 3.63) is 0 Å². The van der Waals surface area contributed by atoms with Crippen LogP contribution in [-0.2, 0) is 14.3 Å². The summed E-state index contributed by atoms with van der Waals surface area (Å²) in [7, 11) is -3.26. The highest BCUT2D eigenvalue weighted by Crippen LogP contribution is 2.32. The summed E-state index contributed by atoms with van der Waals surface area (Å²) in [4.78, 5) is 0. The van der Waals surface area contributed by atoms with Crippen LogP contribution in [-0.4, -0.2) is 33.4 Å². The molecule has 5 heteroatoms. The molecule has 1 aliphatic heterocycles. The van der Waals surface area contributed by atoms with E-state index in [1.807, 2.05) is 0 Å². The minimum atomic E-state index is -3.26. The van der Waals surface area contributed by atoms with Crippen molar-refractivity contribution in [1.29, 1.82) is 0 Å². The van der Waals surface area contributed by atoms with Crippen LogP contribution in [0.1, 0.15) is 25.7 Å². The lowest BCUT2D eigenvalue weighted by molar-refractivity contribution is 0.229. The van der Waals surface area contributed by atoms with Crippen molar-refractivity contribution in [3.8, 4) is 0 Å². The molecule has 1 N–H and O–H groups in total. The van der Waals surface area contributed by atoms with Crippen LogP contribution < -0.4 is 5.32 Å². The minimum absolute atomic E-state index is 0.126. The van der Waals surface area contributed by atoms with Gasteiger partial charge in [-0.2, -0.15) is 8.42 Å². The lowest BCUT2D eigenvalue weighted by atomic mass is 10.3. The summed E-state index contributed by atoms with van der Waals surface area (Å²) in [5, 5.41) is 3.08. The Bertz CT molecular complexity index is 278. The van der Waals surface area contributed by atoms with E-state index >= 15 is 0 Å². The van der Waals surface area contributed by atoms with E-state index in [1.165, 1.54) is 12.8 Å². The molecule has 1 heterocycles. The topological polar surface area (TPSA) is 55.4 Å². The molecule has 0 aromatic carbocycles. The molecule has 1 atom stereocenters. The highest BCUT2D eigenvalue weighted by atomic mass is 32.2. The average molecular weight is 219 g/mol. The number of hydrogen-bond acceptors (Lipinski definition) is 4. The molecular formula is C9H17NO3S. The van der Waals surface area contributed by atoms with Crippen LogP contribution in [0.2, 0.25) is 0 Å². The van der Waals surface area contributed by atoms with E-state index in [2.05, 4.69) is 5.32 Å². The molecule has 0 spiro atoms. The van der Waals surface area contributed by atoms with Crippen LogP contribution in [0.5, 0.6) is 0 Å². The van der Waals surface area contributed by atoms with Gasteiger partial charge in [0.15, 0.2) is 0 Å². The molecule has 0 bridgehead atoms. The Morgan fingerprint density at radius 3 is 2.64 bits per heavy atom. The van der Waals surface area contributed by atoms with Gasteiger partial charge in [-0.15, -0.1) is 0 Å². The SMILES string of the molecule is O=S(=O)(CCC1CC1)OC1CCNC1. The van der Waals surface area contributed by atoms with Gasteiger partial charge in [-0.05, 0) is 25.3 Å². The first-order valence-corrected chi connectivity index (χ1v) is 6.85. The zero-order valence-electron chi connectivity index (χ0n) is 8.24. The zero-order valence-corrected chi connectivity index (χ0v) is 9.05. The van der Waals surface area contributed by atoms with E-state index < -0.39 is 10.1 Å². The lowest BCUT2D eigenvalue weighted by Gasteiger charge is -2.10. The Labute approximate surface area is 85.1 Å². The number of rotatable bonds is 5. The van der Waals surface area contributed by atoms with E-state index in [9.17, 15) is 8.42 Å². The normalized spacial score (nSPS) is 28.1. The fourth-order valence-electron chi connectivity index (χ4n) is 1.68. The Kier molecular flexibility index (Phi) is 3.09. The van der Waals surface area contributed by atoms with Gasteiger partial charge in [-0.1, -0.05) is 12.8 Å². The molecular weight excluding hydrogens is 202 g/mol. The molecule has 14 heavy (non-hydrogen) atoms. The van der Waals surface area contributed by atoms with Crippen LogP contribution >= 0.6 is 0 Å².